The molecule has 2 rings (SSSR count). The molecule has 1 aromatic rings. The van der Waals surface area contributed by atoms with Crippen LogP contribution in [-0.4, -0.2) is 24.4 Å². The van der Waals surface area contributed by atoms with Gasteiger partial charge in [0, 0.05) is 20.0 Å². The van der Waals surface area contributed by atoms with Crippen molar-refractivity contribution in [3.05, 3.63) is 10.6 Å². The number of carbonyl (C=O) groups excluding carboxylic acids is 1. The van der Waals surface area contributed by atoms with E-state index in [0.29, 0.717) is 6.42 Å². The van der Waals surface area contributed by atoms with Crippen molar-refractivity contribution in [1.29, 1.82) is 0 Å². The zero-order valence-corrected chi connectivity index (χ0v) is 11.1. The smallest absolute Gasteiger partial charge is 0.185 e. The van der Waals surface area contributed by atoms with E-state index in [0.717, 1.165) is 28.7 Å². The summed E-state index contributed by atoms with van der Waals surface area (Å²) >= 11 is 1.54. The van der Waals surface area contributed by atoms with Gasteiger partial charge in [0.15, 0.2) is 10.9 Å². The molecule has 0 atom stereocenters. The Morgan fingerprint density at radius 2 is 2.12 bits per heavy atom. The number of ketones is 1. The molecular weight excluding hydrogens is 220 g/mol. The third-order valence-electron chi connectivity index (χ3n) is 3.03. The van der Waals surface area contributed by atoms with Gasteiger partial charge in [-0.1, -0.05) is 25.2 Å². The van der Waals surface area contributed by atoms with Crippen molar-refractivity contribution >= 4 is 22.3 Å². The van der Waals surface area contributed by atoms with Crippen LogP contribution in [0.2, 0.25) is 0 Å². The summed E-state index contributed by atoms with van der Waals surface area (Å²) in [6, 6.07) is 0. The van der Waals surface area contributed by atoms with E-state index in [1.165, 1.54) is 0 Å². The second-order valence-corrected chi connectivity index (χ2v) is 6.20. The van der Waals surface area contributed by atoms with Gasteiger partial charge >= 0.3 is 0 Å². The fraction of sp³-hybridized carbons (Fsp3) is 0.667. The van der Waals surface area contributed by atoms with Gasteiger partial charge in [0.05, 0.1) is 10.6 Å². The number of nitrogens with zero attached hydrogens (tertiary/aromatic N) is 2. The Hall–Kier alpha value is -0.900. The van der Waals surface area contributed by atoms with E-state index in [9.17, 15) is 4.79 Å². The van der Waals surface area contributed by atoms with Crippen molar-refractivity contribution < 1.29 is 4.79 Å². The van der Waals surface area contributed by atoms with Crippen LogP contribution in [0.25, 0.3) is 0 Å². The van der Waals surface area contributed by atoms with Crippen molar-refractivity contribution in [2.75, 3.05) is 18.5 Å². The number of aromatic nitrogens is 1. The van der Waals surface area contributed by atoms with E-state index in [4.69, 9.17) is 0 Å². The Morgan fingerprint density at radius 1 is 1.44 bits per heavy atom. The summed E-state index contributed by atoms with van der Waals surface area (Å²) in [7, 11) is 2.01. The Morgan fingerprint density at radius 3 is 2.75 bits per heavy atom. The number of Topliss-reactive ketones (excluding diaryl/α,β-unsaturated/α-hetero) is 1. The van der Waals surface area contributed by atoms with Gasteiger partial charge in [-0.25, -0.2) is 4.98 Å². The molecular formula is C12H18N2OS. The normalized spacial score (nSPS) is 18.4. The van der Waals surface area contributed by atoms with Gasteiger partial charge in [0.2, 0.25) is 0 Å². The molecule has 4 heteroatoms. The highest BCUT2D eigenvalue weighted by atomic mass is 32.1. The van der Waals surface area contributed by atoms with Crippen molar-refractivity contribution in [1.82, 2.24) is 4.98 Å². The fourth-order valence-electron chi connectivity index (χ4n) is 2.01. The first-order valence-corrected chi connectivity index (χ1v) is 6.48. The maximum absolute atomic E-state index is 12.0. The maximum atomic E-state index is 12.0. The van der Waals surface area contributed by atoms with Crippen molar-refractivity contribution in [2.24, 2.45) is 5.41 Å². The molecule has 0 N–H and O–H groups in total. The lowest BCUT2D eigenvalue weighted by Gasteiger charge is -2.26. The molecule has 0 spiro atoms. The molecule has 0 saturated heterocycles. The molecule has 88 valence electrons. The van der Waals surface area contributed by atoms with Crippen LogP contribution in [0.1, 0.15) is 42.6 Å². The summed E-state index contributed by atoms with van der Waals surface area (Å²) in [4.78, 5) is 19.5. The van der Waals surface area contributed by atoms with Crippen LogP contribution in [0, 0.1) is 5.41 Å². The van der Waals surface area contributed by atoms with E-state index >= 15 is 0 Å². The van der Waals surface area contributed by atoms with Gasteiger partial charge < -0.3 is 4.90 Å². The zero-order valence-electron chi connectivity index (χ0n) is 10.3. The minimum Gasteiger partial charge on any atom is -0.351 e. The van der Waals surface area contributed by atoms with E-state index in [1.807, 2.05) is 7.05 Å². The first-order valence-electron chi connectivity index (χ1n) is 5.67. The van der Waals surface area contributed by atoms with Crippen LogP contribution in [0.4, 0.5) is 5.13 Å². The van der Waals surface area contributed by atoms with Gasteiger partial charge in [-0.2, -0.15) is 0 Å². The van der Waals surface area contributed by atoms with Crippen LogP contribution in [-0.2, 0) is 6.42 Å². The van der Waals surface area contributed by atoms with Crippen molar-refractivity contribution in [3.63, 3.8) is 0 Å². The average molecular weight is 238 g/mol. The molecule has 0 unspecified atom stereocenters. The minimum atomic E-state index is 0.0697. The van der Waals surface area contributed by atoms with Crippen LogP contribution < -0.4 is 4.90 Å². The maximum Gasteiger partial charge on any atom is 0.185 e. The van der Waals surface area contributed by atoms with Gasteiger partial charge in [-0.05, 0) is 18.8 Å². The molecule has 1 aliphatic rings. The fourth-order valence-corrected chi connectivity index (χ4v) is 3.05. The summed E-state index contributed by atoms with van der Waals surface area (Å²) in [5.41, 5.74) is 1.07. The summed E-state index contributed by atoms with van der Waals surface area (Å²) in [6.07, 6.45) is 1.57. The Bertz CT molecular complexity index is 423. The Balaban J connectivity index is 2.37. The highest BCUT2D eigenvalue weighted by molar-refractivity contribution is 7.17. The van der Waals surface area contributed by atoms with Crippen molar-refractivity contribution in [2.45, 2.75) is 33.6 Å². The molecule has 3 nitrogen and oxygen atoms in total. The lowest BCUT2D eigenvalue weighted by Crippen LogP contribution is -2.26. The predicted octanol–water partition coefficient (Wildman–Crippen LogP) is 2.75. The first-order chi connectivity index (χ1) is 7.43. The summed E-state index contributed by atoms with van der Waals surface area (Å²) < 4.78 is 0. The van der Waals surface area contributed by atoms with E-state index in [1.54, 1.807) is 11.3 Å². The van der Waals surface area contributed by atoms with E-state index in [2.05, 4.69) is 30.7 Å². The van der Waals surface area contributed by atoms with Crippen LogP contribution in [0.5, 0.6) is 0 Å². The Labute approximate surface area is 100 Å². The molecule has 1 aromatic heterocycles. The van der Waals surface area contributed by atoms with Crippen molar-refractivity contribution in [3.8, 4) is 0 Å². The number of anilines is 1. The standard InChI is InChI=1S/C12H18N2OS/c1-5-14(4)11-13-8-6-12(2,3)7-9(15)10(8)16-11/h5-7H2,1-4H3. The predicted molar refractivity (Wildman–Crippen MR) is 67.5 cm³/mol. The van der Waals surface area contributed by atoms with Crippen LogP contribution in [0.3, 0.4) is 0 Å². The molecule has 16 heavy (non-hydrogen) atoms. The molecule has 0 bridgehead atoms. The van der Waals surface area contributed by atoms with E-state index in [-0.39, 0.29) is 11.2 Å². The number of carbonyl (C=O) groups is 1. The number of rotatable bonds is 2. The topological polar surface area (TPSA) is 33.2 Å². The zero-order chi connectivity index (χ0) is 11.9. The number of hydrogen-bond acceptors (Lipinski definition) is 4. The number of thiazole rings is 1. The largest absolute Gasteiger partial charge is 0.351 e. The molecule has 1 aliphatic carbocycles. The second kappa shape index (κ2) is 3.84. The van der Waals surface area contributed by atoms with Gasteiger partial charge in [0.25, 0.3) is 0 Å². The molecule has 0 amide bonds. The quantitative estimate of drug-likeness (QED) is 0.794. The van der Waals surface area contributed by atoms with Crippen LogP contribution in [0.15, 0.2) is 0 Å². The highest BCUT2D eigenvalue weighted by Crippen LogP contribution is 2.38. The summed E-state index contributed by atoms with van der Waals surface area (Å²) in [5, 5.41) is 0.971. The average Bonchev–Trinajstić information content (AvgIpc) is 2.58. The number of hydrogen-bond donors (Lipinski definition) is 0. The van der Waals surface area contributed by atoms with Gasteiger partial charge in [-0.15, -0.1) is 0 Å². The molecule has 0 fully saturated rings. The number of fused-ring (bicyclic) bond motifs is 1. The van der Waals surface area contributed by atoms with Gasteiger partial charge in [0.1, 0.15) is 0 Å². The monoisotopic (exact) mass is 238 g/mol. The summed E-state index contributed by atoms with van der Waals surface area (Å²) in [5.74, 6) is 0.263. The first kappa shape index (κ1) is 11.6. The molecule has 0 radical (unpaired) electrons. The summed E-state index contributed by atoms with van der Waals surface area (Å²) in [6.45, 7) is 7.28. The second-order valence-electron chi connectivity index (χ2n) is 5.23. The minimum absolute atomic E-state index is 0.0697. The van der Waals surface area contributed by atoms with Crippen LogP contribution >= 0.6 is 11.3 Å². The third-order valence-corrected chi connectivity index (χ3v) is 4.28. The molecule has 1 heterocycles. The highest BCUT2D eigenvalue weighted by Gasteiger charge is 2.34. The molecule has 0 saturated carbocycles. The lowest BCUT2D eigenvalue weighted by atomic mass is 9.78. The molecule has 0 aromatic carbocycles. The van der Waals surface area contributed by atoms with E-state index < -0.39 is 0 Å². The van der Waals surface area contributed by atoms with Gasteiger partial charge in [-0.3, -0.25) is 4.79 Å². The SMILES string of the molecule is CCN(C)c1nc2c(s1)C(=O)CC(C)(C)C2. The third kappa shape index (κ3) is 1.98. The lowest BCUT2D eigenvalue weighted by molar-refractivity contribution is 0.0916. The molecule has 0 aliphatic heterocycles. The Kier molecular flexibility index (Phi) is 2.78.